The molecule has 1 spiro atoms. The highest BCUT2D eigenvalue weighted by Gasteiger charge is 2.41. The first-order chi connectivity index (χ1) is 7.84. The Morgan fingerprint density at radius 2 is 2.06 bits per heavy atom. The lowest BCUT2D eigenvalue weighted by Gasteiger charge is -2.33. The number of rotatable bonds is 1. The van der Waals surface area contributed by atoms with Gasteiger partial charge >= 0.3 is 0 Å². The number of carbonyl (C=O) groups is 1. The summed E-state index contributed by atoms with van der Waals surface area (Å²) in [5.74, 6) is -0.563. The summed E-state index contributed by atoms with van der Waals surface area (Å²) >= 11 is 0. The first kappa shape index (κ1) is 10.00. The molecule has 1 aromatic rings. The third-order valence-corrected chi connectivity index (χ3v) is 3.39. The topological polar surface area (TPSA) is 35.5 Å². The van der Waals surface area contributed by atoms with Crippen molar-refractivity contribution in [3.63, 3.8) is 0 Å². The smallest absolute Gasteiger partial charge is 0.195 e. The summed E-state index contributed by atoms with van der Waals surface area (Å²) in [6.07, 6.45) is 3.89. The maximum Gasteiger partial charge on any atom is 0.195 e. The molecule has 1 aromatic carbocycles. The van der Waals surface area contributed by atoms with Gasteiger partial charge in [0.1, 0.15) is 6.29 Å². The summed E-state index contributed by atoms with van der Waals surface area (Å²) in [5, 5.41) is 0. The summed E-state index contributed by atoms with van der Waals surface area (Å²) in [6, 6.07) is 5.79. The van der Waals surface area contributed by atoms with Gasteiger partial charge in [-0.15, -0.1) is 0 Å². The third kappa shape index (κ3) is 1.39. The van der Waals surface area contributed by atoms with Crippen LogP contribution in [-0.4, -0.2) is 19.5 Å². The monoisotopic (exact) mass is 218 g/mol. The zero-order chi connectivity index (χ0) is 11.0. The van der Waals surface area contributed by atoms with Gasteiger partial charge in [-0.1, -0.05) is 12.1 Å². The molecule has 0 N–H and O–H groups in total. The second kappa shape index (κ2) is 3.68. The van der Waals surface area contributed by atoms with Gasteiger partial charge < -0.3 is 9.47 Å². The zero-order valence-corrected chi connectivity index (χ0v) is 9.07. The lowest BCUT2D eigenvalue weighted by Crippen LogP contribution is -2.32. The van der Waals surface area contributed by atoms with Crippen molar-refractivity contribution in [3.05, 3.63) is 34.9 Å². The van der Waals surface area contributed by atoms with E-state index in [-0.39, 0.29) is 0 Å². The van der Waals surface area contributed by atoms with Crippen LogP contribution < -0.4 is 0 Å². The van der Waals surface area contributed by atoms with Crippen LogP contribution in [0.15, 0.2) is 18.2 Å². The van der Waals surface area contributed by atoms with E-state index >= 15 is 0 Å². The average Bonchev–Trinajstić information content (AvgIpc) is 2.79. The predicted octanol–water partition coefficient (Wildman–Crippen LogP) is 2.04. The molecule has 0 atom stereocenters. The Labute approximate surface area is 94.4 Å². The Morgan fingerprint density at radius 1 is 1.25 bits per heavy atom. The molecule has 1 saturated heterocycles. The molecule has 3 heteroatoms. The first-order valence-electron chi connectivity index (χ1n) is 5.71. The summed E-state index contributed by atoms with van der Waals surface area (Å²) in [5.41, 5.74) is 3.00. The van der Waals surface area contributed by atoms with Crippen molar-refractivity contribution >= 4 is 6.29 Å². The van der Waals surface area contributed by atoms with Crippen LogP contribution in [0.3, 0.4) is 0 Å². The first-order valence-corrected chi connectivity index (χ1v) is 5.71. The van der Waals surface area contributed by atoms with Crippen LogP contribution in [0.5, 0.6) is 0 Å². The lowest BCUT2D eigenvalue weighted by atomic mass is 9.85. The molecule has 0 amide bonds. The average molecular weight is 218 g/mol. The Hall–Kier alpha value is -1.19. The van der Waals surface area contributed by atoms with Crippen molar-refractivity contribution in [2.75, 3.05) is 13.2 Å². The Balaban J connectivity index is 2.11. The molecule has 0 unspecified atom stereocenters. The molecule has 0 bridgehead atoms. The number of benzene rings is 1. The molecular weight excluding hydrogens is 204 g/mol. The molecule has 84 valence electrons. The van der Waals surface area contributed by atoms with E-state index in [9.17, 15) is 4.79 Å². The minimum Gasteiger partial charge on any atom is -0.343 e. The van der Waals surface area contributed by atoms with E-state index < -0.39 is 5.79 Å². The van der Waals surface area contributed by atoms with Crippen molar-refractivity contribution in [1.29, 1.82) is 0 Å². The molecule has 1 fully saturated rings. The molecule has 1 aliphatic carbocycles. The molecule has 1 heterocycles. The molecule has 1 aliphatic heterocycles. The Bertz CT molecular complexity index is 419. The van der Waals surface area contributed by atoms with Gasteiger partial charge in [-0.05, 0) is 24.5 Å². The summed E-state index contributed by atoms with van der Waals surface area (Å²) in [6.45, 7) is 1.29. The maximum atomic E-state index is 10.8. The van der Waals surface area contributed by atoms with Gasteiger partial charge in [0.25, 0.3) is 0 Å². The fourth-order valence-corrected chi connectivity index (χ4v) is 2.64. The number of carbonyl (C=O) groups excluding carboxylic acids is 1. The van der Waals surface area contributed by atoms with Crippen LogP contribution in [0.2, 0.25) is 0 Å². The summed E-state index contributed by atoms with van der Waals surface area (Å²) in [4.78, 5) is 10.8. The quantitative estimate of drug-likeness (QED) is 0.677. The van der Waals surface area contributed by atoms with Crippen molar-refractivity contribution in [1.82, 2.24) is 0 Å². The summed E-state index contributed by atoms with van der Waals surface area (Å²) < 4.78 is 11.5. The number of aryl methyl sites for hydroxylation is 1. The molecule has 3 nitrogen and oxygen atoms in total. The Morgan fingerprint density at radius 3 is 2.81 bits per heavy atom. The number of aldehydes is 1. The number of hydrogen-bond acceptors (Lipinski definition) is 3. The number of ether oxygens (including phenoxy) is 2. The van der Waals surface area contributed by atoms with Gasteiger partial charge in [0.2, 0.25) is 0 Å². The summed E-state index contributed by atoms with van der Waals surface area (Å²) in [7, 11) is 0. The second-order valence-electron chi connectivity index (χ2n) is 4.34. The van der Waals surface area contributed by atoms with Gasteiger partial charge in [-0.3, -0.25) is 4.79 Å². The van der Waals surface area contributed by atoms with Crippen LogP contribution in [0.4, 0.5) is 0 Å². The maximum absolute atomic E-state index is 10.8. The molecule has 3 rings (SSSR count). The van der Waals surface area contributed by atoms with Gasteiger partial charge in [-0.25, -0.2) is 0 Å². The van der Waals surface area contributed by atoms with Gasteiger partial charge in [-0.2, -0.15) is 0 Å². The fourth-order valence-electron chi connectivity index (χ4n) is 2.64. The van der Waals surface area contributed by atoms with Crippen LogP contribution in [0, 0.1) is 0 Å². The highest BCUT2D eigenvalue weighted by Crippen LogP contribution is 2.42. The van der Waals surface area contributed by atoms with Gasteiger partial charge in [0, 0.05) is 17.5 Å². The molecule has 0 saturated carbocycles. The number of hydrogen-bond donors (Lipinski definition) is 0. The van der Waals surface area contributed by atoms with Gasteiger partial charge in [0.15, 0.2) is 5.79 Å². The van der Waals surface area contributed by atoms with E-state index in [1.165, 1.54) is 5.56 Å². The predicted molar refractivity (Wildman–Crippen MR) is 58.3 cm³/mol. The van der Waals surface area contributed by atoms with Crippen LogP contribution in [0.1, 0.15) is 34.3 Å². The van der Waals surface area contributed by atoms with Crippen molar-refractivity contribution in [2.45, 2.75) is 25.0 Å². The van der Waals surface area contributed by atoms with Crippen molar-refractivity contribution in [2.24, 2.45) is 0 Å². The standard InChI is InChI=1S/C13H14O3/c14-9-10-3-4-11-2-1-5-13(12(11)8-10)15-6-7-16-13/h3-4,8-9H,1-2,5-7H2. The second-order valence-corrected chi connectivity index (χ2v) is 4.34. The molecule has 0 aromatic heterocycles. The minimum atomic E-state index is -0.563. The fraction of sp³-hybridized carbons (Fsp3) is 0.462. The van der Waals surface area contributed by atoms with E-state index in [0.29, 0.717) is 18.8 Å². The molecule has 2 aliphatic rings. The zero-order valence-electron chi connectivity index (χ0n) is 9.07. The highest BCUT2D eigenvalue weighted by molar-refractivity contribution is 5.75. The van der Waals surface area contributed by atoms with E-state index in [4.69, 9.17) is 9.47 Å². The minimum absolute atomic E-state index is 0.563. The molecular formula is C13H14O3. The van der Waals surface area contributed by atoms with Gasteiger partial charge in [0.05, 0.1) is 13.2 Å². The van der Waals surface area contributed by atoms with E-state index in [2.05, 4.69) is 0 Å². The SMILES string of the molecule is O=Cc1ccc2c(c1)C1(CCC2)OCCO1. The number of fused-ring (bicyclic) bond motifs is 2. The highest BCUT2D eigenvalue weighted by atomic mass is 16.7. The lowest BCUT2D eigenvalue weighted by molar-refractivity contribution is -0.175. The normalized spacial score (nSPS) is 22.0. The van der Waals surface area contributed by atoms with E-state index in [1.807, 2.05) is 18.2 Å². The van der Waals surface area contributed by atoms with Crippen LogP contribution in [-0.2, 0) is 21.7 Å². The van der Waals surface area contributed by atoms with Crippen LogP contribution in [0.25, 0.3) is 0 Å². The molecule has 0 radical (unpaired) electrons. The van der Waals surface area contributed by atoms with E-state index in [0.717, 1.165) is 31.1 Å². The third-order valence-electron chi connectivity index (χ3n) is 3.39. The molecule has 16 heavy (non-hydrogen) atoms. The Kier molecular flexibility index (Phi) is 2.30. The van der Waals surface area contributed by atoms with Crippen molar-refractivity contribution < 1.29 is 14.3 Å². The van der Waals surface area contributed by atoms with Crippen molar-refractivity contribution in [3.8, 4) is 0 Å². The largest absolute Gasteiger partial charge is 0.343 e. The van der Waals surface area contributed by atoms with E-state index in [1.54, 1.807) is 0 Å². The van der Waals surface area contributed by atoms with Crippen LogP contribution >= 0.6 is 0 Å².